The van der Waals surface area contributed by atoms with E-state index in [9.17, 15) is 0 Å². The molecule has 6 atom stereocenters. The molecule has 106 valence electrons. The summed E-state index contributed by atoms with van der Waals surface area (Å²) in [5, 5.41) is 0. The highest BCUT2D eigenvalue weighted by Gasteiger charge is 2.30. The molecule has 0 aromatic carbocycles. The fraction of sp³-hybridized carbons (Fsp3) is 1.00. The molecule has 0 heterocycles. The first-order valence-corrected chi connectivity index (χ1v) is 8.60. The topological polar surface area (TPSA) is 0 Å². The minimum atomic E-state index is 0.980. The van der Waals surface area contributed by atoms with Gasteiger partial charge in [-0.1, -0.05) is 53.4 Å². The van der Waals surface area contributed by atoms with E-state index in [1.807, 2.05) is 0 Å². The van der Waals surface area contributed by atoms with Crippen molar-refractivity contribution in [2.75, 3.05) is 0 Å². The minimum absolute atomic E-state index is 0.980. The van der Waals surface area contributed by atoms with Crippen molar-refractivity contribution in [1.29, 1.82) is 0 Å². The maximum absolute atomic E-state index is 2.51. The van der Waals surface area contributed by atoms with Gasteiger partial charge < -0.3 is 0 Å². The zero-order chi connectivity index (χ0) is 13.1. The van der Waals surface area contributed by atoms with E-state index in [-0.39, 0.29) is 0 Å². The molecule has 2 saturated carbocycles. The molecule has 0 spiro atoms. The lowest BCUT2D eigenvalue weighted by atomic mass is 9.68. The Morgan fingerprint density at radius 1 is 0.722 bits per heavy atom. The lowest BCUT2D eigenvalue weighted by molar-refractivity contribution is 0.132. The summed E-state index contributed by atoms with van der Waals surface area (Å²) in [5.41, 5.74) is 0. The van der Waals surface area contributed by atoms with E-state index < -0.39 is 0 Å². The molecule has 0 amide bonds. The van der Waals surface area contributed by atoms with Gasteiger partial charge in [0.2, 0.25) is 0 Å². The summed E-state index contributed by atoms with van der Waals surface area (Å²) in [6, 6.07) is 0. The minimum Gasteiger partial charge on any atom is -0.0651 e. The van der Waals surface area contributed by atoms with E-state index in [1.54, 1.807) is 6.42 Å². The molecule has 2 aliphatic rings. The summed E-state index contributed by atoms with van der Waals surface area (Å²) >= 11 is 0. The van der Waals surface area contributed by atoms with Crippen LogP contribution in [0.4, 0.5) is 0 Å². The highest BCUT2D eigenvalue weighted by molar-refractivity contribution is 4.82. The Bertz CT molecular complexity index is 244. The number of hydrogen-bond acceptors (Lipinski definition) is 0. The van der Waals surface area contributed by atoms with Crippen molar-refractivity contribution in [3.05, 3.63) is 0 Å². The molecule has 0 radical (unpaired) electrons. The molecular formula is C18H34. The third-order valence-electron chi connectivity index (χ3n) is 6.35. The monoisotopic (exact) mass is 250 g/mol. The Labute approximate surface area is 115 Å². The first kappa shape index (κ1) is 14.4. The van der Waals surface area contributed by atoms with Gasteiger partial charge in [0.15, 0.2) is 0 Å². The van der Waals surface area contributed by atoms with Crippen molar-refractivity contribution in [2.45, 2.75) is 79.1 Å². The van der Waals surface area contributed by atoms with Crippen molar-refractivity contribution in [3.8, 4) is 0 Å². The zero-order valence-corrected chi connectivity index (χ0v) is 13.1. The van der Waals surface area contributed by atoms with Crippen LogP contribution in [-0.2, 0) is 0 Å². The number of hydrogen-bond donors (Lipinski definition) is 0. The van der Waals surface area contributed by atoms with Crippen LogP contribution >= 0.6 is 0 Å². The fourth-order valence-corrected chi connectivity index (χ4v) is 4.74. The first-order valence-electron chi connectivity index (χ1n) is 8.60. The van der Waals surface area contributed by atoms with Gasteiger partial charge in [-0.3, -0.25) is 0 Å². The molecule has 2 rings (SSSR count). The van der Waals surface area contributed by atoms with Gasteiger partial charge in [0.25, 0.3) is 0 Å². The summed E-state index contributed by atoms with van der Waals surface area (Å²) in [4.78, 5) is 0. The normalized spacial score (nSPS) is 46.0. The van der Waals surface area contributed by atoms with E-state index in [0.29, 0.717) is 0 Å². The molecular weight excluding hydrogens is 216 g/mol. The lowest BCUT2D eigenvalue weighted by Crippen LogP contribution is -2.27. The Morgan fingerprint density at radius 3 is 1.89 bits per heavy atom. The van der Waals surface area contributed by atoms with Crippen LogP contribution < -0.4 is 0 Å². The molecule has 0 bridgehead atoms. The van der Waals surface area contributed by atoms with Gasteiger partial charge in [0, 0.05) is 0 Å². The van der Waals surface area contributed by atoms with Crippen molar-refractivity contribution in [1.82, 2.24) is 0 Å². The summed E-state index contributed by atoms with van der Waals surface area (Å²) in [5.74, 6) is 6.12. The van der Waals surface area contributed by atoms with Crippen LogP contribution in [0.15, 0.2) is 0 Å². The molecule has 0 aromatic rings. The molecule has 0 saturated heterocycles. The quantitative estimate of drug-likeness (QED) is 0.584. The second kappa shape index (κ2) is 6.44. The highest BCUT2D eigenvalue weighted by Crippen LogP contribution is 2.42. The Hall–Kier alpha value is 0. The van der Waals surface area contributed by atoms with Crippen molar-refractivity contribution < 1.29 is 0 Å². The average molecular weight is 250 g/mol. The van der Waals surface area contributed by atoms with Crippen LogP contribution in [0.5, 0.6) is 0 Å². The van der Waals surface area contributed by atoms with Crippen molar-refractivity contribution in [3.63, 3.8) is 0 Å². The third kappa shape index (κ3) is 3.52. The molecule has 0 N–H and O–H groups in total. The summed E-state index contributed by atoms with van der Waals surface area (Å²) in [7, 11) is 0. The zero-order valence-electron chi connectivity index (χ0n) is 13.1. The summed E-state index contributed by atoms with van der Waals surface area (Å²) in [6.07, 6.45) is 12.1. The smallest absolute Gasteiger partial charge is 0.0391 e. The first-order chi connectivity index (χ1) is 8.60. The maximum Gasteiger partial charge on any atom is -0.0391 e. The summed E-state index contributed by atoms with van der Waals surface area (Å²) in [6.45, 7) is 9.82. The average Bonchev–Trinajstić information content (AvgIpc) is 2.34. The van der Waals surface area contributed by atoms with E-state index in [0.717, 1.165) is 35.5 Å². The number of rotatable bonds is 3. The second-order valence-corrected chi connectivity index (χ2v) is 7.69. The van der Waals surface area contributed by atoms with Crippen LogP contribution in [-0.4, -0.2) is 0 Å². The molecule has 0 aliphatic heterocycles. The van der Waals surface area contributed by atoms with Gasteiger partial charge in [0.1, 0.15) is 0 Å². The molecule has 2 fully saturated rings. The van der Waals surface area contributed by atoms with Gasteiger partial charge in [-0.25, -0.2) is 0 Å². The van der Waals surface area contributed by atoms with Crippen molar-refractivity contribution >= 4 is 0 Å². The Kier molecular flexibility index (Phi) is 5.15. The molecule has 0 aromatic heterocycles. The fourth-order valence-electron chi connectivity index (χ4n) is 4.74. The third-order valence-corrected chi connectivity index (χ3v) is 6.35. The van der Waals surface area contributed by atoms with Gasteiger partial charge in [-0.05, 0) is 61.2 Å². The Morgan fingerprint density at radius 2 is 1.33 bits per heavy atom. The van der Waals surface area contributed by atoms with Crippen LogP contribution in [0.3, 0.4) is 0 Å². The molecule has 0 heteroatoms. The van der Waals surface area contributed by atoms with Gasteiger partial charge >= 0.3 is 0 Å². The van der Waals surface area contributed by atoms with Crippen LogP contribution in [0, 0.1) is 35.5 Å². The van der Waals surface area contributed by atoms with Gasteiger partial charge in [-0.15, -0.1) is 0 Å². The highest BCUT2D eigenvalue weighted by atomic mass is 14.4. The molecule has 18 heavy (non-hydrogen) atoms. The summed E-state index contributed by atoms with van der Waals surface area (Å²) < 4.78 is 0. The largest absolute Gasteiger partial charge is 0.0651 e. The molecule has 6 unspecified atom stereocenters. The predicted molar refractivity (Wildman–Crippen MR) is 80.6 cm³/mol. The SMILES string of the molecule is CCC1CCC(CC2CCC(C)C(C)C2)CC1C. The van der Waals surface area contributed by atoms with Crippen LogP contribution in [0.25, 0.3) is 0 Å². The van der Waals surface area contributed by atoms with Crippen LogP contribution in [0.1, 0.15) is 79.1 Å². The Balaban J connectivity index is 1.77. The van der Waals surface area contributed by atoms with E-state index >= 15 is 0 Å². The molecule has 2 aliphatic carbocycles. The van der Waals surface area contributed by atoms with E-state index in [1.165, 1.54) is 44.9 Å². The van der Waals surface area contributed by atoms with E-state index in [2.05, 4.69) is 27.7 Å². The van der Waals surface area contributed by atoms with E-state index in [4.69, 9.17) is 0 Å². The van der Waals surface area contributed by atoms with Gasteiger partial charge in [0.05, 0.1) is 0 Å². The van der Waals surface area contributed by atoms with Crippen molar-refractivity contribution in [2.24, 2.45) is 35.5 Å². The second-order valence-electron chi connectivity index (χ2n) is 7.69. The lowest BCUT2D eigenvalue weighted by Gasteiger charge is -2.38. The maximum atomic E-state index is 2.51. The predicted octanol–water partition coefficient (Wildman–Crippen LogP) is 5.91. The molecule has 0 nitrogen and oxygen atoms in total. The standard InChI is InChI=1S/C18H34/c1-5-18-9-8-17(11-15(18)4)12-16-7-6-13(2)14(3)10-16/h13-18H,5-12H2,1-4H3. The van der Waals surface area contributed by atoms with Gasteiger partial charge in [-0.2, -0.15) is 0 Å². The van der Waals surface area contributed by atoms with Crippen LogP contribution in [0.2, 0.25) is 0 Å².